The minimum Gasteiger partial charge on any atom is -0.507 e. The molecule has 0 aliphatic carbocycles. The van der Waals surface area contributed by atoms with Gasteiger partial charge in [0, 0.05) is 11.1 Å². The number of hydrogen-bond donors (Lipinski definition) is 2. The number of aromatic hydroxyl groups is 1. The predicted molar refractivity (Wildman–Crippen MR) is 135 cm³/mol. The Labute approximate surface area is 210 Å². The van der Waals surface area contributed by atoms with Gasteiger partial charge < -0.3 is 23.8 Å². The van der Waals surface area contributed by atoms with Crippen LogP contribution < -0.4 is 14.3 Å². The van der Waals surface area contributed by atoms with Crippen LogP contribution in [-0.4, -0.2) is 43.0 Å². The number of fused-ring (bicyclic) bond motifs is 1. The Hall–Kier alpha value is -3.29. The highest BCUT2D eigenvalue weighted by atomic mass is 31.2. The largest absolute Gasteiger partial charge is 0.507 e. The third-order valence-corrected chi connectivity index (χ3v) is 7.99. The monoisotopic (exact) mass is 517 g/mol. The molecule has 2 aromatic rings. The molecule has 0 saturated carbocycles. The van der Waals surface area contributed by atoms with Crippen molar-refractivity contribution in [3.8, 4) is 17.2 Å². The van der Waals surface area contributed by atoms with Gasteiger partial charge in [-0.05, 0) is 51.8 Å². The highest BCUT2D eigenvalue weighted by Gasteiger charge is 2.33. The molecule has 0 saturated heterocycles. The molecule has 1 heterocycles. The van der Waals surface area contributed by atoms with Gasteiger partial charge in [-0.25, -0.2) is 9.88 Å². The second-order valence-corrected chi connectivity index (χ2v) is 10.6. The van der Waals surface area contributed by atoms with Crippen LogP contribution in [0.3, 0.4) is 0 Å². The first-order chi connectivity index (χ1) is 17.1. The second-order valence-electron chi connectivity index (χ2n) is 8.51. The Morgan fingerprint density at radius 1 is 1.31 bits per heavy atom. The second kappa shape index (κ2) is 11.6. The maximum Gasteiger partial charge on any atom is 0.342 e. The summed E-state index contributed by atoms with van der Waals surface area (Å²) in [7, 11) is -2.11. The van der Waals surface area contributed by atoms with Gasteiger partial charge in [-0.2, -0.15) is 0 Å². The van der Waals surface area contributed by atoms with Crippen molar-refractivity contribution in [2.75, 3.05) is 19.9 Å². The Morgan fingerprint density at radius 2 is 2.00 bits per heavy atom. The maximum absolute atomic E-state index is 13.8. The highest BCUT2D eigenvalue weighted by molar-refractivity contribution is 7.57. The van der Waals surface area contributed by atoms with Crippen molar-refractivity contribution in [1.29, 1.82) is 0 Å². The predicted octanol–water partition coefficient (Wildman–Crippen LogP) is 4.68. The van der Waals surface area contributed by atoms with E-state index in [9.17, 15) is 19.3 Å². The van der Waals surface area contributed by atoms with Crippen molar-refractivity contribution in [3.63, 3.8) is 0 Å². The van der Waals surface area contributed by atoms with Crippen LogP contribution in [0.1, 0.15) is 47.8 Å². The third-order valence-electron chi connectivity index (χ3n) is 5.79. The molecule has 0 aromatic heterocycles. The molecular formula is C26H32NO8P. The van der Waals surface area contributed by atoms with E-state index in [-0.39, 0.29) is 37.1 Å². The normalized spacial score (nSPS) is 15.5. The van der Waals surface area contributed by atoms with E-state index in [1.165, 1.54) is 7.11 Å². The van der Waals surface area contributed by atoms with Crippen molar-refractivity contribution in [2.45, 2.75) is 46.8 Å². The molecule has 2 atom stereocenters. The number of hydrogen-bond acceptors (Lipinski definition) is 8. The molecule has 2 aromatic carbocycles. The molecule has 10 heteroatoms. The summed E-state index contributed by atoms with van der Waals surface area (Å²) in [5.74, 6) is -0.438. The zero-order valence-electron chi connectivity index (χ0n) is 21.1. The zero-order chi connectivity index (χ0) is 26.5. The Bertz CT molecular complexity index is 1210. The summed E-state index contributed by atoms with van der Waals surface area (Å²) >= 11 is 0. The van der Waals surface area contributed by atoms with Crippen molar-refractivity contribution >= 4 is 19.5 Å². The molecule has 36 heavy (non-hydrogen) atoms. The van der Waals surface area contributed by atoms with E-state index >= 15 is 0 Å². The van der Waals surface area contributed by atoms with Crippen LogP contribution in [0, 0.1) is 6.92 Å². The molecule has 1 aliphatic heterocycles. The first-order valence-electron chi connectivity index (χ1n) is 11.6. The summed E-state index contributed by atoms with van der Waals surface area (Å²) in [6.45, 7) is 7.13. The van der Waals surface area contributed by atoms with Crippen molar-refractivity contribution in [2.24, 2.45) is 0 Å². The van der Waals surface area contributed by atoms with Gasteiger partial charge in [0.05, 0.1) is 19.9 Å². The Kier molecular flexibility index (Phi) is 8.82. The number of benzene rings is 2. The van der Waals surface area contributed by atoms with Crippen molar-refractivity contribution in [3.05, 3.63) is 64.2 Å². The molecule has 0 amide bonds. The van der Waals surface area contributed by atoms with E-state index in [0.29, 0.717) is 28.2 Å². The summed E-state index contributed by atoms with van der Waals surface area (Å²) in [6.07, 6.45) is 1.98. The van der Waals surface area contributed by atoms with Crippen LogP contribution >= 0.6 is 7.52 Å². The number of cyclic esters (lactones) is 1. The number of allylic oxidation sites excluding steroid dienone is 2. The quantitative estimate of drug-likeness (QED) is 0.249. The SMILES string of the molecule is CCOC(=O)[C@H](C)NP(=O)(CC(C)=CCc1c(O)c2c(c(C)c1OC)COC2=O)Oc1ccccc1. The lowest BCUT2D eigenvalue weighted by molar-refractivity contribution is -0.144. The summed E-state index contributed by atoms with van der Waals surface area (Å²) in [5.41, 5.74) is 2.59. The molecule has 3 rings (SSSR count). The maximum atomic E-state index is 13.8. The number of nitrogens with one attached hydrogen (secondary N) is 1. The molecule has 1 unspecified atom stereocenters. The number of carbonyl (C=O) groups excluding carboxylic acids is 2. The summed E-state index contributed by atoms with van der Waals surface area (Å²) in [6, 6.07) is 7.82. The Morgan fingerprint density at radius 3 is 2.64 bits per heavy atom. The first-order valence-corrected chi connectivity index (χ1v) is 13.4. The number of phenols is 1. The van der Waals surface area contributed by atoms with Gasteiger partial charge in [0.15, 0.2) is 0 Å². The molecular weight excluding hydrogens is 485 g/mol. The van der Waals surface area contributed by atoms with Crippen LogP contribution in [0.5, 0.6) is 17.2 Å². The number of esters is 2. The topological polar surface area (TPSA) is 120 Å². The fourth-order valence-corrected chi connectivity index (χ4v) is 6.22. The number of carbonyl (C=O) groups is 2. The summed E-state index contributed by atoms with van der Waals surface area (Å²) in [4.78, 5) is 24.3. The molecule has 0 radical (unpaired) electrons. The van der Waals surface area contributed by atoms with Crippen LogP contribution in [0.2, 0.25) is 0 Å². The van der Waals surface area contributed by atoms with Gasteiger partial charge in [-0.1, -0.05) is 29.8 Å². The molecule has 1 aliphatic rings. The molecule has 0 fully saturated rings. The van der Waals surface area contributed by atoms with Crippen molar-refractivity contribution in [1.82, 2.24) is 5.09 Å². The van der Waals surface area contributed by atoms with Crippen LogP contribution in [0.15, 0.2) is 42.0 Å². The lowest BCUT2D eigenvalue weighted by Crippen LogP contribution is -2.35. The van der Waals surface area contributed by atoms with Gasteiger partial charge in [-0.15, -0.1) is 0 Å². The lowest BCUT2D eigenvalue weighted by atomic mass is 9.95. The van der Waals surface area contributed by atoms with E-state index in [1.807, 2.05) is 13.0 Å². The minimum atomic E-state index is -3.60. The molecule has 194 valence electrons. The molecule has 2 N–H and O–H groups in total. The van der Waals surface area contributed by atoms with Crippen LogP contribution in [0.4, 0.5) is 0 Å². The molecule has 9 nitrogen and oxygen atoms in total. The number of rotatable bonds is 11. The number of ether oxygens (including phenoxy) is 3. The average molecular weight is 518 g/mol. The van der Waals surface area contributed by atoms with E-state index in [2.05, 4.69) is 5.09 Å². The lowest BCUT2D eigenvalue weighted by Gasteiger charge is -2.24. The van der Waals surface area contributed by atoms with E-state index < -0.39 is 25.5 Å². The Balaban J connectivity index is 1.88. The average Bonchev–Trinajstić information content (AvgIpc) is 3.22. The van der Waals surface area contributed by atoms with E-state index in [0.717, 1.165) is 5.56 Å². The van der Waals surface area contributed by atoms with Gasteiger partial charge >= 0.3 is 19.5 Å². The van der Waals surface area contributed by atoms with Gasteiger partial charge in [0.25, 0.3) is 0 Å². The smallest absolute Gasteiger partial charge is 0.342 e. The van der Waals surface area contributed by atoms with Gasteiger partial charge in [0.1, 0.15) is 35.5 Å². The van der Waals surface area contributed by atoms with Crippen LogP contribution in [-0.2, 0) is 31.9 Å². The van der Waals surface area contributed by atoms with Gasteiger partial charge in [0.2, 0.25) is 0 Å². The number of methoxy groups -OCH3 is 1. The summed E-state index contributed by atoms with van der Waals surface area (Å²) < 4.78 is 35.4. The fourth-order valence-electron chi connectivity index (χ4n) is 4.07. The first kappa shape index (κ1) is 27.3. The fraction of sp³-hybridized carbons (Fsp3) is 0.385. The number of phenolic OH excluding ortho intramolecular Hbond substituents is 1. The van der Waals surface area contributed by atoms with Crippen molar-refractivity contribution < 1.29 is 38.0 Å². The summed E-state index contributed by atoms with van der Waals surface area (Å²) in [5, 5.41) is 13.7. The third kappa shape index (κ3) is 6.09. The standard InChI is InChI=1S/C26H32NO8P/c1-6-33-25(29)18(4)27-36(31,35-19-10-8-7-9-11-19)15-16(2)12-13-20-23(28)22-21(14-34-26(22)30)17(3)24(20)32-5/h7-12,18,28H,6,13-15H2,1-5H3,(H,27,31)/t18-,36?/m0/s1. The van der Waals surface area contributed by atoms with E-state index in [1.54, 1.807) is 51.1 Å². The highest BCUT2D eigenvalue weighted by Crippen LogP contribution is 2.46. The molecule has 0 spiro atoms. The van der Waals surface area contributed by atoms with E-state index in [4.69, 9.17) is 18.7 Å². The van der Waals surface area contributed by atoms with Crippen LogP contribution in [0.25, 0.3) is 0 Å². The number of para-hydroxylation sites is 1. The van der Waals surface area contributed by atoms with Gasteiger partial charge in [-0.3, -0.25) is 9.36 Å². The molecule has 0 bridgehead atoms. The minimum absolute atomic E-state index is 0.0132. The zero-order valence-corrected chi connectivity index (χ0v) is 22.0.